The van der Waals surface area contributed by atoms with Crippen molar-refractivity contribution in [3.8, 4) is 0 Å². The van der Waals surface area contributed by atoms with Crippen molar-refractivity contribution in [2.75, 3.05) is 38.0 Å². The highest BCUT2D eigenvalue weighted by molar-refractivity contribution is 7.97. The Labute approximate surface area is 200 Å². The minimum atomic E-state index is 0.698. The van der Waals surface area contributed by atoms with Gasteiger partial charge in [0.2, 0.25) is 0 Å². The van der Waals surface area contributed by atoms with Gasteiger partial charge in [-0.25, -0.2) is 4.31 Å². The van der Waals surface area contributed by atoms with E-state index in [0.29, 0.717) is 5.92 Å². The molecule has 1 N–H and O–H groups in total. The fourth-order valence-corrected chi connectivity index (χ4v) is 4.26. The SMILES string of the molecule is CC.C\C=C/C(=C\C(Cl)=C/C)N1CCN(Sc2ccc(NCC(C)CC)c(C)c2)CC1. The van der Waals surface area contributed by atoms with Crippen molar-refractivity contribution in [1.29, 1.82) is 0 Å². The molecule has 0 bridgehead atoms. The predicted molar refractivity (Wildman–Crippen MR) is 142 cm³/mol. The molecule has 0 radical (unpaired) electrons. The van der Waals surface area contributed by atoms with Crippen LogP contribution in [-0.2, 0) is 0 Å². The Hall–Kier alpha value is -1.36. The third-order valence-electron chi connectivity index (χ3n) is 5.27. The van der Waals surface area contributed by atoms with Gasteiger partial charge in [-0.1, -0.05) is 57.9 Å². The second-order valence-electron chi connectivity index (χ2n) is 7.62. The minimum absolute atomic E-state index is 0.698. The molecule has 1 aromatic rings. The van der Waals surface area contributed by atoms with Gasteiger partial charge < -0.3 is 10.2 Å². The number of nitrogens with zero attached hydrogens (tertiary/aromatic N) is 2. The van der Waals surface area contributed by atoms with Crippen molar-refractivity contribution >= 4 is 29.2 Å². The van der Waals surface area contributed by atoms with Crippen LogP contribution in [0.5, 0.6) is 0 Å². The number of anilines is 1. The van der Waals surface area contributed by atoms with E-state index in [1.165, 1.54) is 28.3 Å². The van der Waals surface area contributed by atoms with Crippen LogP contribution in [0.3, 0.4) is 0 Å². The monoisotopic (exact) mass is 463 g/mol. The Morgan fingerprint density at radius 3 is 2.42 bits per heavy atom. The lowest BCUT2D eigenvalue weighted by Crippen LogP contribution is -2.42. The standard InChI is InChI=1S/C24H36ClN3S.C2H6/c1-6-9-22(17-21(25)8-3)27-12-14-28(15-13-27)29-23-10-11-24(20(5)16-23)26-18-19(4)7-2;1-2/h6,8-11,16-17,19,26H,7,12-15,18H2,1-5H3;1-2H3/b9-6-,21-8+,22-17+;. The summed E-state index contributed by atoms with van der Waals surface area (Å²) in [6.45, 7) is 19.8. The van der Waals surface area contributed by atoms with E-state index in [-0.39, 0.29) is 0 Å². The summed E-state index contributed by atoms with van der Waals surface area (Å²) in [7, 11) is 0. The topological polar surface area (TPSA) is 18.5 Å². The highest BCUT2D eigenvalue weighted by atomic mass is 35.5. The van der Waals surface area contributed by atoms with Gasteiger partial charge in [-0.05, 0) is 74.6 Å². The van der Waals surface area contributed by atoms with Crippen molar-refractivity contribution in [2.24, 2.45) is 5.92 Å². The van der Waals surface area contributed by atoms with Gasteiger partial charge in [0.25, 0.3) is 0 Å². The summed E-state index contributed by atoms with van der Waals surface area (Å²) in [4.78, 5) is 3.72. The van der Waals surface area contributed by atoms with E-state index in [9.17, 15) is 0 Å². The van der Waals surface area contributed by atoms with Gasteiger partial charge in [-0.3, -0.25) is 0 Å². The normalized spacial score (nSPS) is 16.8. The van der Waals surface area contributed by atoms with Crippen LogP contribution in [-0.4, -0.2) is 41.9 Å². The van der Waals surface area contributed by atoms with Crippen molar-refractivity contribution in [2.45, 2.75) is 59.8 Å². The lowest BCUT2D eigenvalue weighted by molar-refractivity contribution is 0.246. The molecular weight excluding hydrogens is 422 g/mol. The Morgan fingerprint density at radius 2 is 1.87 bits per heavy atom. The molecule has 1 fully saturated rings. The number of aryl methyl sites for hydroxylation is 1. The number of benzene rings is 1. The molecule has 5 heteroatoms. The van der Waals surface area contributed by atoms with Crippen LogP contribution in [0, 0.1) is 12.8 Å². The number of rotatable bonds is 9. The van der Waals surface area contributed by atoms with Gasteiger partial charge >= 0.3 is 0 Å². The van der Waals surface area contributed by atoms with Crippen LogP contribution < -0.4 is 5.32 Å². The van der Waals surface area contributed by atoms with Gasteiger partial charge in [-0.15, -0.1) is 0 Å². The summed E-state index contributed by atoms with van der Waals surface area (Å²) in [5.41, 5.74) is 3.76. The first-order chi connectivity index (χ1) is 15.0. The van der Waals surface area contributed by atoms with E-state index in [4.69, 9.17) is 11.6 Å². The number of piperazine rings is 1. The van der Waals surface area contributed by atoms with Crippen molar-refractivity contribution in [1.82, 2.24) is 9.21 Å². The first kappa shape index (κ1) is 27.7. The zero-order valence-electron chi connectivity index (χ0n) is 20.5. The molecule has 1 aliphatic rings. The van der Waals surface area contributed by atoms with E-state index in [1.807, 2.05) is 45.7 Å². The molecule has 0 saturated carbocycles. The Morgan fingerprint density at radius 1 is 1.19 bits per heavy atom. The maximum atomic E-state index is 6.23. The molecule has 0 spiro atoms. The molecule has 0 aliphatic carbocycles. The summed E-state index contributed by atoms with van der Waals surface area (Å²) in [5.74, 6) is 0.698. The quantitative estimate of drug-likeness (QED) is 0.298. The number of hydrogen-bond donors (Lipinski definition) is 1. The zero-order valence-corrected chi connectivity index (χ0v) is 22.1. The molecule has 1 aliphatic heterocycles. The van der Waals surface area contributed by atoms with E-state index < -0.39 is 0 Å². The maximum absolute atomic E-state index is 6.23. The fourth-order valence-electron chi connectivity index (χ4n) is 3.15. The molecular formula is C26H42ClN3S. The number of halogens is 1. The summed E-state index contributed by atoms with van der Waals surface area (Å²) in [6, 6.07) is 6.76. The first-order valence-corrected chi connectivity index (χ1v) is 12.8. The highest BCUT2D eigenvalue weighted by Crippen LogP contribution is 2.28. The van der Waals surface area contributed by atoms with E-state index in [2.05, 4.69) is 71.7 Å². The smallest absolute Gasteiger partial charge is 0.0383 e. The summed E-state index contributed by atoms with van der Waals surface area (Å²) in [6.07, 6.45) is 9.41. The average molecular weight is 464 g/mol. The molecule has 1 aromatic carbocycles. The van der Waals surface area contributed by atoms with Crippen LogP contribution >= 0.6 is 23.5 Å². The highest BCUT2D eigenvalue weighted by Gasteiger charge is 2.19. The summed E-state index contributed by atoms with van der Waals surface area (Å²) in [5, 5.41) is 4.37. The summed E-state index contributed by atoms with van der Waals surface area (Å²) < 4.78 is 2.46. The van der Waals surface area contributed by atoms with Crippen LogP contribution in [0.4, 0.5) is 5.69 Å². The van der Waals surface area contributed by atoms with Crippen LogP contribution in [0.25, 0.3) is 0 Å². The summed E-state index contributed by atoms with van der Waals surface area (Å²) >= 11 is 8.10. The minimum Gasteiger partial charge on any atom is -0.385 e. The van der Waals surface area contributed by atoms with Crippen molar-refractivity contribution < 1.29 is 0 Å². The largest absolute Gasteiger partial charge is 0.385 e. The molecule has 0 aromatic heterocycles. The van der Waals surface area contributed by atoms with Gasteiger partial charge in [0.1, 0.15) is 0 Å². The molecule has 1 unspecified atom stereocenters. The van der Waals surface area contributed by atoms with Gasteiger partial charge in [0, 0.05) is 54.0 Å². The van der Waals surface area contributed by atoms with Gasteiger partial charge in [0.15, 0.2) is 0 Å². The third-order valence-corrected chi connectivity index (χ3v) is 6.69. The Balaban J connectivity index is 0.00000233. The molecule has 174 valence electrons. The zero-order chi connectivity index (χ0) is 23.2. The molecule has 1 heterocycles. The van der Waals surface area contributed by atoms with E-state index >= 15 is 0 Å². The molecule has 3 nitrogen and oxygen atoms in total. The number of hydrogen-bond acceptors (Lipinski definition) is 4. The number of nitrogens with one attached hydrogen (secondary N) is 1. The number of allylic oxidation sites excluding steroid dienone is 5. The first-order valence-electron chi connectivity index (χ1n) is 11.6. The average Bonchev–Trinajstić information content (AvgIpc) is 2.79. The maximum Gasteiger partial charge on any atom is 0.0383 e. The molecule has 2 rings (SSSR count). The van der Waals surface area contributed by atoms with Crippen LogP contribution in [0.15, 0.2) is 58.1 Å². The molecule has 0 amide bonds. The second kappa shape index (κ2) is 15.4. The predicted octanol–water partition coefficient (Wildman–Crippen LogP) is 7.71. The van der Waals surface area contributed by atoms with Crippen molar-refractivity contribution in [3.05, 3.63) is 58.8 Å². The lowest BCUT2D eigenvalue weighted by atomic mass is 10.1. The van der Waals surface area contributed by atoms with Gasteiger partial charge in [0.05, 0.1) is 0 Å². The molecule has 1 saturated heterocycles. The van der Waals surface area contributed by atoms with Crippen LogP contribution in [0.2, 0.25) is 0 Å². The van der Waals surface area contributed by atoms with Crippen LogP contribution in [0.1, 0.15) is 53.5 Å². The van der Waals surface area contributed by atoms with Crippen molar-refractivity contribution in [3.63, 3.8) is 0 Å². The second-order valence-corrected chi connectivity index (χ2v) is 9.23. The van der Waals surface area contributed by atoms with Gasteiger partial charge in [-0.2, -0.15) is 0 Å². The fraction of sp³-hybridized carbons (Fsp3) is 0.538. The van der Waals surface area contributed by atoms with E-state index in [1.54, 1.807) is 0 Å². The Bertz CT molecular complexity index is 734. The Kier molecular flexibility index (Phi) is 13.8. The lowest BCUT2D eigenvalue weighted by Gasteiger charge is -2.36. The molecule has 31 heavy (non-hydrogen) atoms. The molecule has 1 atom stereocenters. The van der Waals surface area contributed by atoms with E-state index in [0.717, 1.165) is 37.8 Å². The third kappa shape index (κ3) is 9.76.